The summed E-state index contributed by atoms with van der Waals surface area (Å²) in [6.07, 6.45) is 3.50. The molecule has 0 heterocycles. The van der Waals surface area contributed by atoms with E-state index in [2.05, 4.69) is 0 Å². The lowest BCUT2D eigenvalue weighted by atomic mass is 10.2. The maximum Gasteiger partial charge on any atom is 0.151 e. The Morgan fingerprint density at radius 1 is 1.00 bits per heavy atom. The van der Waals surface area contributed by atoms with Gasteiger partial charge in [-0.15, -0.1) is 0 Å². The first kappa shape index (κ1) is 16.2. The van der Waals surface area contributed by atoms with Crippen LogP contribution in [0.15, 0.2) is 0 Å². The van der Waals surface area contributed by atoms with E-state index in [0.717, 1.165) is 19.3 Å². The van der Waals surface area contributed by atoms with Crippen LogP contribution in [0.5, 0.6) is 0 Å². The van der Waals surface area contributed by atoms with Crippen LogP contribution in [0.2, 0.25) is 0 Å². The minimum atomic E-state index is -4.37. The Morgan fingerprint density at radius 3 is 2.12 bits per heavy atom. The van der Waals surface area contributed by atoms with Crippen molar-refractivity contribution in [2.75, 3.05) is 17.3 Å². The van der Waals surface area contributed by atoms with E-state index in [-0.39, 0.29) is 28.1 Å². The number of rotatable bonds is 9. The molecule has 0 aliphatic carbocycles. The summed E-state index contributed by atoms with van der Waals surface area (Å²) in [7, 11) is -7.44. The number of hydrogen-bond acceptors (Lipinski definition) is 6. The van der Waals surface area contributed by atoms with E-state index >= 15 is 0 Å². The molecular formula is C8H17O5S3-. The molecule has 0 radical (unpaired) electrons. The Hall–Kier alpha value is 0.210. The monoisotopic (exact) mass is 289 g/mol. The topological polar surface area (TPSA) is 91.3 Å². The van der Waals surface area contributed by atoms with Crippen LogP contribution in [0, 0.1) is 0 Å². The maximum absolute atomic E-state index is 11.4. The normalized spacial score (nSPS) is 12.9. The van der Waals surface area contributed by atoms with Crippen molar-refractivity contribution in [1.82, 2.24) is 0 Å². The van der Waals surface area contributed by atoms with E-state index in [9.17, 15) is 21.4 Å². The fourth-order valence-electron chi connectivity index (χ4n) is 1.11. The third-order valence-electron chi connectivity index (χ3n) is 1.93. The first-order chi connectivity index (χ1) is 7.27. The molecule has 0 amide bonds. The van der Waals surface area contributed by atoms with Gasteiger partial charge in [-0.1, -0.05) is 26.2 Å². The highest BCUT2D eigenvalue weighted by Gasteiger charge is 2.11. The van der Waals surface area contributed by atoms with Crippen LogP contribution >= 0.6 is 10.8 Å². The van der Waals surface area contributed by atoms with Crippen LogP contribution < -0.4 is 0 Å². The van der Waals surface area contributed by atoms with E-state index < -0.39 is 19.0 Å². The average molecular weight is 289 g/mol. The molecule has 0 aliphatic rings. The van der Waals surface area contributed by atoms with E-state index in [4.69, 9.17) is 0 Å². The van der Waals surface area contributed by atoms with Crippen LogP contribution in [-0.4, -0.2) is 38.6 Å². The third-order valence-corrected chi connectivity index (χ3v) is 5.95. The Morgan fingerprint density at radius 2 is 1.62 bits per heavy atom. The molecule has 8 heteroatoms. The van der Waals surface area contributed by atoms with Gasteiger partial charge in [-0.05, 0) is 17.2 Å². The minimum Gasteiger partial charge on any atom is -0.739 e. The van der Waals surface area contributed by atoms with Crippen molar-refractivity contribution < 1.29 is 21.4 Å². The molecule has 0 aliphatic heterocycles. The van der Waals surface area contributed by atoms with Gasteiger partial charge in [0.1, 0.15) is 9.15 Å². The molecule has 5 nitrogen and oxygen atoms in total. The van der Waals surface area contributed by atoms with E-state index in [1.54, 1.807) is 0 Å². The first-order valence-corrected chi connectivity index (χ1v) is 9.81. The summed E-state index contributed by atoms with van der Waals surface area (Å²) >= 11 is 0. The summed E-state index contributed by atoms with van der Waals surface area (Å²) in [5, 5.41) is 0. The highest BCUT2D eigenvalue weighted by molar-refractivity contribution is 8.69. The molecule has 0 spiro atoms. The molecule has 16 heavy (non-hydrogen) atoms. The van der Waals surface area contributed by atoms with Gasteiger partial charge in [0.15, 0.2) is 9.84 Å². The zero-order valence-electron chi connectivity index (χ0n) is 9.22. The van der Waals surface area contributed by atoms with E-state index in [1.807, 2.05) is 6.92 Å². The summed E-state index contributed by atoms with van der Waals surface area (Å²) in [6, 6.07) is 0. The molecule has 0 aromatic carbocycles. The second kappa shape index (κ2) is 7.52. The largest absolute Gasteiger partial charge is 0.739 e. The summed E-state index contributed by atoms with van der Waals surface area (Å²) < 4.78 is 53.4. The second-order valence-electron chi connectivity index (χ2n) is 3.44. The smallest absolute Gasteiger partial charge is 0.151 e. The summed E-state index contributed by atoms with van der Waals surface area (Å²) in [5.74, 6) is -0.348. The average Bonchev–Trinajstić information content (AvgIpc) is 2.10. The molecule has 0 aromatic heterocycles. The van der Waals surface area contributed by atoms with Crippen molar-refractivity contribution >= 4 is 29.8 Å². The zero-order chi connectivity index (χ0) is 12.7. The Bertz CT molecular complexity index is 370. The molecule has 0 bridgehead atoms. The second-order valence-corrected chi connectivity index (χ2v) is 9.14. The van der Waals surface area contributed by atoms with Crippen LogP contribution in [0.1, 0.15) is 32.6 Å². The predicted octanol–water partition coefficient (Wildman–Crippen LogP) is 1.17. The third kappa shape index (κ3) is 10.7. The first-order valence-electron chi connectivity index (χ1n) is 5.07. The van der Waals surface area contributed by atoms with Crippen LogP contribution in [0.4, 0.5) is 0 Å². The van der Waals surface area contributed by atoms with Gasteiger partial charge in [0, 0.05) is 5.75 Å². The van der Waals surface area contributed by atoms with Crippen molar-refractivity contribution in [3.63, 3.8) is 0 Å². The van der Waals surface area contributed by atoms with Crippen molar-refractivity contribution in [3.05, 3.63) is 0 Å². The zero-order valence-corrected chi connectivity index (χ0v) is 11.7. The molecule has 98 valence electrons. The minimum absolute atomic E-state index is 0.0759. The SMILES string of the molecule is CCCCCCS(=O)(=O)CCSS(=O)(=O)[O-]. The Kier molecular flexibility index (Phi) is 7.62. The highest BCUT2D eigenvalue weighted by Crippen LogP contribution is 2.10. The molecule has 0 unspecified atom stereocenters. The number of unbranched alkanes of at least 4 members (excludes halogenated alkanes) is 3. The molecule has 0 saturated carbocycles. The van der Waals surface area contributed by atoms with Gasteiger partial charge >= 0.3 is 0 Å². The lowest BCUT2D eigenvalue weighted by Gasteiger charge is -2.06. The predicted molar refractivity (Wildman–Crippen MR) is 65.0 cm³/mol. The Labute approximate surface area is 101 Å². The van der Waals surface area contributed by atoms with Crippen LogP contribution in [0.25, 0.3) is 0 Å². The van der Waals surface area contributed by atoms with Crippen molar-refractivity contribution in [3.8, 4) is 0 Å². The van der Waals surface area contributed by atoms with Gasteiger partial charge in [-0.2, -0.15) is 0 Å². The van der Waals surface area contributed by atoms with Gasteiger partial charge < -0.3 is 4.55 Å². The summed E-state index contributed by atoms with van der Waals surface area (Å²) in [5.41, 5.74) is 0. The molecule has 0 rings (SSSR count). The quantitative estimate of drug-likeness (QED) is 0.359. The van der Waals surface area contributed by atoms with E-state index in [0.29, 0.717) is 6.42 Å². The lowest BCUT2D eigenvalue weighted by molar-refractivity contribution is 0.482. The van der Waals surface area contributed by atoms with Gasteiger partial charge in [-0.3, -0.25) is 0 Å². The van der Waals surface area contributed by atoms with Crippen molar-refractivity contribution in [1.29, 1.82) is 0 Å². The highest BCUT2D eigenvalue weighted by atomic mass is 33.1. The molecule has 0 aromatic rings. The van der Waals surface area contributed by atoms with Gasteiger partial charge in [-0.25, -0.2) is 16.8 Å². The Balaban J connectivity index is 3.80. The van der Waals surface area contributed by atoms with Gasteiger partial charge in [0.2, 0.25) is 0 Å². The maximum atomic E-state index is 11.4. The lowest BCUT2D eigenvalue weighted by Crippen LogP contribution is -2.13. The van der Waals surface area contributed by atoms with E-state index in [1.165, 1.54) is 0 Å². The van der Waals surface area contributed by atoms with Crippen molar-refractivity contribution in [2.24, 2.45) is 0 Å². The summed E-state index contributed by atoms with van der Waals surface area (Å²) in [6.45, 7) is 2.03. The van der Waals surface area contributed by atoms with Gasteiger partial charge in [0.25, 0.3) is 0 Å². The number of hydrogen-bond donors (Lipinski definition) is 0. The molecule has 0 fully saturated rings. The van der Waals surface area contributed by atoms with Gasteiger partial charge in [0.05, 0.1) is 11.5 Å². The number of sulfone groups is 1. The fraction of sp³-hybridized carbons (Fsp3) is 1.00. The van der Waals surface area contributed by atoms with Crippen LogP contribution in [0.3, 0.4) is 0 Å². The molecule has 0 atom stereocenters. The molecule has 0 saturated heterocycles. The molecule has 0 N–H and O–H groups in total. The fourth-order valence-corrected chi connectivity index (χ4v) is 4.68. The molecular weight excluding hydrogens is 272 g/mol. The summed E-state index contributed by atoms with van der Waals surface area (Å²) in [4.78, 5) is 0. The van der Waals surface area contributed by atoms with Crippen molar-refractivity contribution in [2.45, 2.75) is 32.6 Å². The van der Waals surface area contributed by atoms with Crippen LogP contribution in [-0.2, 0) is 19.0 Å². The standard InChI is InChI=1S/C8H18O5S3/c1-2-3-4-5-7-15(9,10)8-6-14-16(11,12)13/h2-8H2,1H3,(H,11,12,13)/p-1.